The molecule has 0 aromatic heterocycles. The van der Waals surface area contributed by atoms with Crippen LogP contribution < -0.4 is 10.1 Å². The molecule has 1 saturated heterocycles. The number of nitrogens with zero attached hydrogens (tertiary/aromatic N) is 1. The fourth-order valence-electron chi connectivity index (χ4n) is 4.54. The maximum absolute atomic E-state index is 12.6. The van der Waals surface area contributed by atoms with Gasteiger partial charge in [-0.1, -0.05) is 12.1 Å². The van der Waals surface area contributed by atoms with E-state index in [0.29, 0.717) is 24.4 Å². The molecule has 2 heterocycles. The maximum atomic E-state index is 12.6. The molecule has 3 aliphatic rings. The Morgan fingerprint density at radius 2 is 2.04 bits per heavy atom. The van der Waals surface area contributed by atoms with Crippen LogP contribution in [0.15, 0.2) is 24.3 Å². The van der Waals surface area contributed by atoms with E-state index >= 15 is 0 Å². The Balaban J connectivity index is 1.39. The third kappa shape index (κ3) is 3.81. The van der Waals surface area contributed by atoms with Crippen molar-refractivity contribution in [3.05, 3.63) is 29.8 Å². The van der Waals surface area contributed by atoms with E-state index in [1.165, 1.54) is 0 Å². The number of benzene rings is 1. The summed E-state index contributed by atoms with van der Waals surface area (Å²) in [6.07, 6.45) is 5.39. The second-order valence-electron chi connectivity index (χ2n) is 8.10. The van der Waals surface area contributed by atoms with Crippen LogP contribution in [0.5, 0.6) is 5.75 Å². The van der Waals surface area contributed by atoms with Gasteiger partial charge in [-0.3, -0.25) is 9.59 Å². The molecule has 146 valence electrons. The first-order chi connectivity index (χ1) is 13.1. The first-order valence-electron chi connectivity index (χ1n) is 9.99. The predicted molar refractivity (Wildman–Crippen MR) is 101 cm³/mol. The lowest BCUT2D eigenvalue weighted by atomic mass is 9.78. The summed E-state index contributed by atoms with van der Waals surface area (Å²) < 4.78 is 12.0. The van der Waals surface area contributed by atoms with Crippen molar-refractivity contribution in [1.82, 2.24) is 10.2 Å². The van der Waals surface area contributed by atoms with Gasteiger partial charge in [-0.2, -0.15) is 0 Å². The van der Waals surface area contributed by atoms with Crippen LogP contribution in [0.4, 0.5) is 0 Å². The quantitative estimate of drug-likeness (QED) is 0.885. The smallest absolute Gasteiger partial charge is 0.257 e. The molecule has 1 unspecified atom stereocenters. The fourth-order valence-corrected chi connectivity index (χ4v) is 4.54. The number of hydrogen-bond acceptors (Lipinski definition) is 4. The Labute approximate surface area is 160 Å². The third-order valence-electron chi connectivity index (χ3n) is 6.11. The van der Waals surface area contributed by atoms with Crippen LogP contribution in [0.3, 0.4) is 0 Å². The zero-order valence-electron chi connectivity index (χ0n) is 15.9. The molecule has 1 atom stereocenters. The minimum absolute atomic E-state index is 0.00101. The van der Waals surface area contributed by atoms with Crippen molar-refractivity contribution in [3.8, 4) is 5.75 Å². The maximum Gasteiger partial charge on any atom is 0.257 e. The Morgan fingerprint density at radius 1 is 1.26 bits per heavy atom. The number of rotatable bonds is 3. The molecular formula is C21H28N2O4. The first-order valence-corrected chi connectivity index (χ1v) is 9.99. The van der Waals surface area contributed by atoms with Gasteiger partial charge < -0.3 is 19.7 Å². The van der Waals surface area contributed by atoms with Gasteiger partial charge in [0.2, 0.25) is 5.91 Å². The highest BCUT2D eigenvalue weighted by Gasteiger charge is 2.43. The van der Waals surface area contributed by atoms with Gasteiger partial charge in [-0.25, -0.2) is 0 Å². The van der Waals surface area contributed by atoms with Gasteiger partial charge in [0, 0.05) is 26.1 Å². The summed E-state index contributed by atoms with van der Waals surface area (Å²) in [6, 6.07) is 7.45. The topological polar surface area (TPSA) is 67.9 Å². The lowest BCUT2D eigenvalue weighted by molar-refractivity contribution is -0.128. The molecule has 1 N–H and O–H groups in total. The van der Waals surface area contributed by atoms with Crippen LogP contribution in [0.2, 0.25) is 0 Å². The Kier molecular flexibility index (Phi) is 5.08. The van der Waals surface area contributed by atoms with Gasteiger partial charge in [-0.15, -0.1) is 0 Å². The molecular weight excluding hydrogens is 344 g/mol. The van der Waals surface area contributed by atoms with Crippen LogP contribution >= 0.6 is 0 Å². The first kappa shape index (κ1) is 18.3. The highest BCUT2D eigenvalue weighted by Crippen LogP contribution is 2.39. The van der Waals surface area contributed by atoms with Crippen molar-refractivity contribution in [2.24, 2.45) is 5.92 Å². The van der Waals surface area contributed by atoms with Crippen LogP contribution in [0.1, 0.15) is 48.9 Å². The number of fused-ring (bicyclic) bond motifs is 1. The molecule has 2 amide bonds. The largest absolute Gasteiger partial charge is 0.485 e. The number of nitrogens with one attached hydrogen (secondary N) is 1. The molecule has 1 spiro atoms. The molecule has 2 aliphatic heterocycles. The number of hydrogen-bond donors (Lipinski definition) is 1. The third-order valence-corrected chi connectivity index (χ3v) is 6.11. The fraction of sp³-hybridized carbons (Fsp3) is 0.619. The zero-order valence-corrected chi connectivity index (χ0v) is 15.9. The summed E-state index contributed by atoms with van der Waals surface area (Å²) in [5.41, 5.74) is 0.218. The summed E-state index contributed by atoms with van der Waals surface area (Å²) >= 11 is 0. The molecule has 27 heavy (non-hydrogen) atoms. The summed E-state index contributed by atoms with van der Waals surface area (Å²) in [4.78, 5) is 26.9. The van der Waals surface area contributed by atoms with Crippen molar-refractivity contribution in [1.29, 1.82) is 0 Å². The summed E-state index contributed by atoms with van der Waals surface area (Å²) in [6.45, 7) is 1.98. The zero-order chi connectivity index (χ0) is 18.9. The number of likely N-dealkylation sites (N-methyl/N-ethyl adjacent to an activating group) is 1. The molecule has 6 nitrogen and oxygen atoms in total. The van der Waals surface area contributed by atoms with Crippen molar-refractivity contribution in [2.75, 3.05) is 26.7 Å². The molecule has 4 rings (SSSR count). The molecule has 1 aliphatic carbocycles. The van der Waals surface area contributed by atoms with Gasteiger partial charge in [0.05, 0.1) is 18.2 Å². The van der Waals surface area contributed by atoms with Crippen LogP contribution in [-0.4, -0.2) is 55.2 Å². The lowest BCUT2D eigenvalue weighted by Gasteiger charge is -2.40. The van der Waals surface area contributed by atoms with Gasteiger partial charge in [0.1, 0.15) is 11.4 Å². The standard InChI is InChI=1S/C21H28N2O4/c1-23-14-21(27-18-7-3-2-6-17(18)20(23)25)10-8-15(9-11-21)19(24)22-13-16-5-4-12-26-16/h2-3,6-7,15-16H,4-5,8-14H2,1H3,(H,22,24). The average Bonchev–Trinajstić information content (AvgIpc) is 3.17. The monoisotopic (exact) mass is 372 g/mol. The van der Waals surface area contributed by atoms with Gasteiger partial charge >= 0.3 is 0 Å². The second-order valence-corrected chi connectivity index (χ2v) is 8.10. The van der Waals surface area contributed by atoms with Crippen molar-refractivity contribution >= 4 is 11.8 Å². The molecule has 1 aromatic rings. The SMILES string of the molecule is CN1CC2(CCC(C(=O)NCC3CCCO3)CC2)Oc2ccccc2C1=O. The Hall–Kier alpha value is -2.08. The number of carbonyl (C=O) groups excluding carboxylic acids is 2. The van der Waals surface area contributed by atoms with Crippen molar-refractivity contribution in [2.45, 2.75) is 50.2 Å². The second kappa shape index (κ2) is 7.50. The number of ether oxygens (including phenoxy) is 2. The molecule has 0 bridgehead atoms. The molecule has 2 fully saturated rings. The minimum atomic E-state index is -0.400. The Bertz CT molecular complexity index is 706. The van der Waals surface area contributed by atoms with E-state index in [9.17, 15) is 9.59 Å². The highest BCUT2D eigenvalue weighted by atomic mass is 16.5. The van der Waals surface area contributed by atoms with Crippen molar-refractivity contribution in [3.63, 3.8) is 0 Å². The van der Waals surface area contributed by atoms with Gasteiger partial charge in [-0.05, 0) is 50.7 Å². The number of para-hydroxylation sites is 1. The highest BCUT2D eigenvalue weighted by molar-refractivity contribution is 5.97. The summed E-state index contributed by atoms with van der Waals surface area (Å²) in [5.74, 6) is 0.797. The minimum Gasteiger partial charge on any atom is -0.485 e. The normalized spacial score (nSPS) is 30.6. The molecule has 1 aromatic carbocycles. The van der Waals surface area contributed by atoms with Crippen LogP contribution in [0, 0.1) is 5.92 Å². The summed E-state index contributed by atoms with van der Waals surface area (Å²) in [7, 11) is 1.83. The van der Waals surface area contributed by atoms with Crippen molar-refractivity contribution < 1.29 is 19.1 Å². The van der Waals surface area contributed by atoms with E-state index in [4.69, 9.17) is 9.47 Å². The lowest BCUT2D eigenvalue weighted by Crippen LogP contribution is -2.50. The van der Waals surface area contributed by atoms with E-state index in [1.807, 2.05) is 31.3 Å². The number of carbonyl (C=O) groups is 2. The van der Waals surface area contributed by atoms with Crippen LogP contribution in [-0.2, 0) is 9.53 Å². The van der Waals surface area contributed by atoms with E-state index < -0.39 is 5.60 Å². The molecule has 1 saturated carbocycles. The van der Waals surface area contributed by atoms with E-state index in [0.717, 1.165) is 45.1 Å². The molecule has 6 heteroatoms. The Morgan fingerprint density at radius 3 is 2.78 bits per heavy atom. The average molecular weight is 372 g/mol. The van der Waals surface area contributed by atoms with Crippen LogP contribution in [0.25, 0.3) is 0 Å². The van der Waals surface area contributed by atoms with Gasteiger partial charge in [0.25, 0.3) is 5.91 Å². The van der Waals surface area contributed by atoms with Gasteiger partial charge in [0.15, 0.2) is 0 Å². The van der Waals surface area contributed by atoms with E-state index in [-0.39, 0.29) is 23.8 Å². The van der Waals surface area contributed by atoms with E-state index in [1.54, 1.807) is 4.90 Å². The predicted octanol–water partition coefficient (Wildman–Crippen LogP) is 2.38. The number of amides is 2. The summed E-state index contributed by atoms with van der Waals surface area (Å²) in [5, 5.41) is 3.06. The van der Waals surface area contributed by atoms with E-state index in [2.05, 4.69) is 5.32 Å². The molecule has 0 radical (unpaired) electrons.